The smallest absolute Gasteiger partial charge is 0.305 e. The van der Waals surface area contributed by atoms with Crippen LogP contribution in [0.1, 0.15) is 58.5 Å². The van der Waals surface area contributed by atoms with Crippen LogP contribution in [0.2, 0.25) is 5.02 Å². The Hall–Kier alpha value is -2.93. The number of aliphatic carboxylic acids is 1. The lowest BCUT2D eigenvalue weighted by Gasteiger charge is -2.19. The number of carbonyl (C=O) groups is 2. The van der Waals surface area contributed by atoms with Crippen molar-refractivity contribution in [2.45, 2.75) is 38.1 Å². The average Bonchev–Trinajstić information content (AvgIpc) is 3.47. The van der Waals surface area contributed by atoms with E-state index in [0.29, 0.717) is 38.8 Å². The van der Waals surface area contributed by atoms with Crippen LogP contribution in [-0.4, -0.2) is 31.7 Å². The van der Waals surface area contributed by atoms with Gasteiger partial charge in [0.1, 0.15) is 0 Å². The van der Waals surface area contributed by atoms with E-state index in [1.165, 1.54) is 0 Å². The molecule has 150 valence electrons. The van der Waals surface area contributed by atoms with Crippen molar-refractivity contribution in [1.29, 1.82) is 0 Å². The summed E-state index contributed by atoms with van der Waals surface area (Å²) in [5.74, 6) is -1.02. The number of carboxylic acid groups (broad SMARTS) is 1. The Morgan fingerprint density at radius 1 is 1.34 bits per heavy atom. The molecule has 1 atom stereocenters. The number of hydrogen-bond acceptors (Lipinski definition) is 4. The zero-order valence-corrected chi connectivity index (χ0v) is 16.9. The van der Waals surface area contributed by atoms with Crippen molar-refractivity contribution in [2.75, 3.05) is 0 Å². The van der Waals surface area contributed by atoms with E-state index in [1.807, 2.05) is 13.0 Å². The van der Waals surface area contributed by atoms with Crippen LogP contribution in [0.5, 0.6) is 0 Å². The van der Waals surface area contributed by atoms with Gasteiger partial charge in [0.2, 0.25) is 0 Å². The summed E-state index contributed by atoms with van der Waals surface area (Å²) in [5.41, 5.74) is 3.27. The summed E-state index contributed by atoms with van der Waals surface area (Å²) < 4.78 is 1.68. The average molecular weight is 413 g/mol. The van der Waals surface area contributed by atoms with Gasteiger partial charge in [0.15, 0.2) is 5.65 Å². The first-order valence-corrected chi connectivity index (χ1v) is 9.84. The minimum absolute atomic E-state index is 0.273. The van der Waals surface area contributed by atoms with Gasteiger partial charge in [0.05, 0.1) is 29.1 Å². The van der Waals surface area contributed by atoms with Crippen LogP contribution < -0.4 is 5.32 Å². The summed E-state index contributed by atoms with van der Waals surface area (Å²) >= 11 is 6.26. The molecule has 0 saturated heterocycles. The molecular weight excluding hydrogens is 392 g/mol. The van der Waals surface area contributed by atoms with E-state index < -0.39 is 12.0 Å². The molecule has 0 radical (unpaired) electrons. The van der Waals surface area contributed by atoms with E-state index in [4.69, 9.17) is 16.6 Å². The molecule has 1 aliphatic rings. The fraction of sp³-hybridized carbons (Fsp3) is 0.333. The predicted octanol–water partition coefficient (Wildman–Crippen LogP) is 3.75. The molecule has 1 saturated carbocycles. The monoisotopic (exact) mass is 412 g/mol. The number of fused-ring (bicyclic) bond motifs is 1. The van der Waals surface area contributed by atoms with Crippen LogP contribution in [0.15, 0.2) is 30.3 Å². The summed E-state index contributed by atoms with van der Waals surface area (Å²) in [4.78, 5) is 29.4. The van der Waals surface area contributed by atoms with Gasteiger partial charge in [-0.15, -0.1) is 0 Å². The topological polar surface area (TPSA) is 97.1 Å². The van der Waals surface area contributed by atoms with E-state index in [-0.39, 0.29) is 12.3 Å². The molecule has 0 aliphatic heterocycles. The fourth-order valence-electron chi connectivity index (χ4n) is 3.64. The van der Waals surface area contributed by atoms with Gasteiger partial charge in [-0.25, -0.2) is 4.98 Å². The molecule has 2 aromatic heterocycles. The predicted molar refractivity (Wildman–Crippen MR) is 109 cm³/mol. The number of aryl methyl sites for hydroxylation is 2. The van der Waals surface area contributed by atoms with Crippen molar-refractivity contribution < 1.29 is 14.7 Å². The third-order valence-electron chi connectivity index (χ3n) is 5.19. The molecule has 7 nitrogen and oxygen atoms in total. The van der Waals surface area contributed by atoms with Crippen LogP contribution in [0, 0.1) is 6.92 Å². The molecule has 4 rings (SSSR count). The van der Waals surface area contributed by atoms with E-state index in [9.17, 15) is 14.7 Å². The number of halogens is 1. The summed E-state index contributed by atoms with van der Waals surface area (Å²) in [5, 5.41) is 17.7. The molecule has 2 N–H and O–H groups in total. The van der Waals surface area contributed by atoms with E-state index in [1.54, 1.807) is 36.0 Å². The number of aromatic nitrogens is 3. The van der Waals surface area contributed by atoms with Gasteiger partial charge in [-0.2, -0.15) is 5.10 Å². The Morgan fingerprint density at radius 3 is 2.72 bits per heavy atom. The Morgan fingerprint density at radius 2 is 2.07 bits per heavy atom. The first kappa shape index (κ1) is 19.4. The standard InChI is InChI=1S/C21H21ClN4O3/c1-11-19-14(9-16(12-7-8-12)23-20(19)26(2)25-11)21(29)24-17(10-18(27)28)13-5-3-4-6-15(13)22/h3-6,9,12,17H,7-8,10H2,1-2H3,(H,24,29)(H,27,28). The Bertz CT molecular complexity index is 1120. The second kappa shape index (κ2) is 7.48. The summed E-state index contributed by atoms with van der Waals surface area (Å²) in [7, 11) is 1.80. The molecule has 0 spiro atoms. The molecule has 1 fully saturated rings. The van der Waals surface area contributed by atoms with Crippen molar-refractivity contribution in [3.63, 3.8) is 0 Å². The molecule has 8 heteroatoms. The van der Waals surface area contributed by atoms with E-state index >= 15 is 0 Å². The fourth-order valence-corrected chi connectivity index (χ4v) is 3.91. The molecule has 0 bridgehead atoms. The van der Waals surface area contributed by atoms with Crippen molar-refractivity contribution >= 4 is 34.5 Å². The number of nitrogens with one attached hydrogen (secondary N) is 1. The lowest BCUT2D eigenvalue weighted by Crippen LogP contribution is -2.30. The maximum Gasteiger partial charge on any atom is 0.305 e. The third kappa shape index (κ3) is 3.82. The van der Waals surface area contributed by atoms with Crippen LogP contribution in [0.3, 0.4) is 0 Å². The first-order chi connectivity index (χ1) is 13.8. The number of hydrogen-bond donors (Lipinski definition) is 2. The van der Waals surface area contributed by atoms with Crippen molar-refractivity contribution in [1.82, 2.24) is 20.1 Å². The van der Waals surface area contributed by atoms with Crippen LogP contribution in [-0.2, 0) is 11.8 Å². The largest absolute Gasteiger partial charge is 0.481 e. The molecule has 1 aliphatic carbocycles. The van der Waals surface area contributed by atoms with Gasteiger partial charge >= 0.3 is 5.97 Å². The summed E-state index contributed by atoms with van der Waals surface area (Å²) in [6, 6.07) is 8.00. The van der Waals surface area contributed by atoms with Gasteiger partial charge in [-0.1, -0.05) is 29.8 Å². The molecule has 1 unspecified atom stereocenters. The second-order valence-electron chi connectivity index (χ2n) is 7.42. The Labute approximate surface area is 172 Å². The number of rotatable bonds is 6. The van der Waals surface area contributed by atoms with E-state index in [2.05, 4.69) is 10.4 Å². The maximum absolute atomic E-state index is 13.3. The normalized spacial score (nSPS) is 14.7. The van der Waals surface area contributed by atoms with Crippen molar-refractivity contribution in [3.8, 4) is 0 Å². The lowest BCUT2D eigenvalue weighted by atomic mass is 10.0. The zero-order valence-electron chi connectivity index (χ0n) is 16.1. The number of pyridine rings is 1. The van der Waals surface area contributed by atoms with Crippen LogP contribution in [0.25, 0.3) is 11.0 Å². The summed E-state index contributed by atoms with van der Waals surface area (Å²) in [6.45, 7) is 1.83. The number of carboxylic acids is 1. The molecule has 1 amide bonds. The maximum atomic E-state index is 13.3. The van der Waals surface area contributed by atoms with E-state index in [0.717, 1.165) is 18.5 Å². The number of nitrogens with zero attached hydrogens (tertiary/aromatic N) is 3. The minimum atomic E-state index is -1.02. The second-order valence-corrected chi connectivity index (χ2v) is 7.83. The molecule has 1 aromatic carbocycles. The highest BCUT2D eigenvalue weighted by Gasteiger charge is 2.29. The van der Waals surface area contributed by atoms with Crippen molar-refractivity contribution in [2.24, 2.45) is 7.05 Å². The Kier molecular flexibility index (Phi) is 5.00. The lowest BCUT2D eigenvalue weighted by molar-refractivity contribution is -0.137. The number of benzene rings is 1. The number of amides is 1. The van der Waals surface area contributed by atoms with Gasteiger partial charge in [0, 0.05) is 23.7 Å². The zero-order chi connectivity index (χ0) is 20.7. The molecule has 2 heterocycles. The molecule has 29 heavy (non-hydrogen) atoms. The first-order valence-electron chi connectivity index (χ1n) is 9.46. The molecule has 3 aromatic rings. The minimum Gasteiger partial charge on any atom is -0.481 e. The third-order valence-corrected chi connectivity index (χ3v) is 5.54. The quantitative estimate of drug-likeness (QED) is 0.642. The summed E-state index contributed by atoms with van der Waals surface area (Å²) in [6.07, 6.45) is 1.83. The number of carbonyl (C=O) groups excluding carboxylic acids is 1. The van der Waals surface area contributed by atoms with Crippen LogP contribution >= 0.6 is 11.6 Å². The van der Waals surface area contributed by atoms with Gasteiger partial charge < -0.3 is 10.4 Å². The van der Waals surface area contributed by atoms with Gasteiger partial charge in [-0.3, -0.25) is 14.3 Å². The van der Waals surface area contributed by atoms with Gasteiger partial charge in [0.25, 0.3) is 5.91 Å². The SMILES string of the molecule is Cc1nn(C)c2nc(C3CC3)cc(C(=O)NC(CC(=O)O)c3ccccc3Cl)c12. The molecular formula is C21H21ClN4O3. The van der Waals surface area contributed by atoms with Gasteiger partial charge in [-0.05, 0) is 37.5 Å². The highest BCUT2D eigenvalue weighted by atomic mass is 35.5. The highest BCUT2D eigenvalue weighted by Crippen LogP contribution is 2.40. The van der Waals surface area contributed by atoms with Crippen LogP contribution in [0.4, 0.5) is 0 Å². The van der Waals surface area contributed by atoms with Crippen molar-refractivity contribution in [3.05, 3.63) is 57.9 Å². The highest BCUT2D eigenvalue weighted by molar-refractivity contribution is 6.31. The Balaban J connectivity index is 1.75.